The Morgan fingerprint density at radius 2 is 1.00 bits per heavy atom. The molecular weight excluding hydrogens is 423 g/mol. The zero-order valence-corrected chi connectivity index (χ0v) is 11.4. The van der Waals surface area contributed by atoms with Crippen molar-refractivity contribution >= 4 is 144 Å². The number of carboxylic acids is 3. The number of aliphatic hydroxyl groups is 1. The van der Waals surface area contributed by atoms with Gasteiger partial charge in [0.1, 0.15) is 0 Å². The van der Waals surface area contributed by atoms with Crippen LogP contribution in [0.2, 0.25) is 0 Å². The topological polar surface area (TPSA) is 271 Å². The van der Waals surface area contributed by atoms with E-state index in [1.807, 2.05) is 0 Å². The van der Waals surface area contributed by atoms with Gasteiger partial charge in [0.2, 0.25) is 0 Å². The first kappa shape index (κ1) is 41.4. The molecule has 0 bridgehead atoms. The molecule has 19 heteroatoms. The predicted octanol–water partition coefficient (Wildman–Crippen LogP) is -6.17. The Morgan fingerprint density at radius 1 is 0.840 bits per heavy atom. The summed E-state index contributed by atoms with van der Waals surface area (Å²) in [6, 6.07) is 0. The molecule has 0 fully saturated rings. The van der Waals surface area contributed by atoms with Crippen molar-refractivity contribution in [3.05, 3.63) is 0 Å². The Labute approximate surface area is 227 Å². The Hall–Kier alpha value is 2.06. The van der Waals surface area contributed by atoms with Gasteiger partial charge in [-0.15, -0.1) is 0 Å². The van der Waals surface area contributed by atoms with Gasteiger partial charge >= 0.3 is 144 Å². The van der Waals surface area contributed by atoms with E-state index >= 15 is 0 Å². The summed E-state index contributed by atoms with van der Waals surface area (Å²) in [5.74, 6) is -5.02. The summed E-state index contributed by atoms with van der Waals surface area (Å²) in [5.41, 5.74) is -2.74. The number of aliphatic carboxylic acids is 3. The van der Waals surface area contributed by atoms with E-state index in [-0.39, 0.29) is 110 Å². The first-order valence-electron chi connectivity index (χ1n) is 4.73. The van der Waals surface area contributed by atoms with E-state index in [2.05, 4.69) is 0 Å². The van der Waals surface area contributed by atoms with Crippen LogP contribution in [-0.2, 0) is 18.9 Å². The zero-order valence-electron chi connectivity index (χ0n) is 10.5. The van der Waals surface area contributed by atoms with E-state index in [1.54, 1.807) is 0 Å². The van der Waals surface area contributed by atoms with Crippen molar-refractivity contribution < 1.29 is 69.1 Å². The third-order valence-corrected chi connectivity index (χ3v) is 1.29. The molecule has 0 aliphatic heterocycles. The Morgan fingerprint density at radius 3 is 1.08 bits per heavy atom. The van der Waals surface area contributed by atoms with Crippen LogP contribution in [0.25, 0.3) is 0 Å². The van der Waals surface area contributed by atoms with E-state index in [9.17, 15) is 14.4 Å². The van der Waals surface area contributed by atoms with Gasteiger partial charge in [-0.1, -0.05) is 0 Å². The van der Waals surface area contributed by atoms with Gasteiger partial charge in [-0.25, -0.2) is 9.36 Å². The van der Waals surface area contributed by atoms with Crippen LogP contribution in [0.4, 0.5) is 0 Å². The molecule has 0 radical (unpaired) electrons. The van der Waals surface area contributed by atoms with Crippen LogP contribution in [-0.4, -0.2) is 192 Å². The van der Waals surface area contributed by atoms with Gasteiger partial charge in [0, 0.05) is 0 Å². The Kier molecular flexibility index (Phi) is 34.5. The molecule has 10 N–H and O–H groups in total. The molecule has 0 aromatic rings. The molecule has 0 saturated carbocycles. The maximum absolute atomic E-state index is 10.3. The van der Waals surface area contributed by atoms with Crippen molar-refractivity contribution in [3.63, 3.8) is 0 Å². The molecule has 0 atom stereocenters. The number of hydrogen-bond acceptors (Lipinski definition) is 8. The summed E-state index contributed by atoms with van der Waals surface area (Å²) < 4.78 is 8.88. The van der Waals surface area contributed by atoms with E-state index < -0.39 is 51.5 Å². The minimum atomic E-state index is -4.64. The number of carbonyl (C=O) groups is 3. The van der Waals surface area contributed by atoms with E-state index in [4.69, 9.17) is 54.7 Å². The average molecular weight is 440 g/mol. The van der Waals surface area contributed by atoms with E-state index in [1.165, 1.54) is 0 Å². The molecule has 0 rings (SSSR count). The van der Waals surface area contributed by atoms with Crippen molar-refractivity contribution in [2.75, 3.05) is 0 Å². The molecule has 0 spiro atoms. The third-order valence-electron chi connectivity index (χ3n) is 1.29. The zero-order chi connectivity index (χ0) is 18.7. The summed E-state index contributed by atoms with van der Waals surface area (Å²) in [4.78, 5) is 52.0. The van der Waals surface area contributed by atoms with Crippen molar-refractivity contribution in [1.82, 2.24) is 0 Å². The van der Waals surface area contributed by atoms with Gasteiger partial charge in [0.15, 0.2) is 5.60 Å². The SMILES string of the molecule is O=C(O)CC(O)(CC(=O)O)C(=O)O.O=P(O)(O)O.OB(O)O.[KH].[NaH].[NaH]. The second kappa shape index (κ2) is 20.8. The van der Waals surface area contributed by atoms with Crippen LogP contribution in [0.3, 0.4) is 0 Å². The summed E-state index contributed by atoms with van der Waals surface area (Å²) >= 11 is 0. The number of carboxylic acid groups (broad SMARTS) is 3. The first-order chi connectivity index (χ1) is 9.51. The Balaban J connectivity index is -0.0000000638. The number of rotatable bonds is 5. The summed E-state index contributed by atoms with van der Waals surface area (Å²) in [5, 5.41) is 55.3. The van der Waals surface area contributed by atoms with E-state index in [0.29, 0.717) is 0 Å². The van der Waals surface area contributed by atoms with Gasteiger partial charge in [-0.3, -0.25) is 9.59 Å². The third kappa shape index (κ3) is 46.3. The van der Waals surface area contributed by atoms with Crippen LogP contribution in [0.1, 0.15) is 12.8 Å². The second-order valence-corrected chi connectivity index (χ2v) is 4.36. The predicted molar refractivity (Wildman–Crippen MR) is 85.2 cm³/mol. The van der Waals surface area contributed by atoms with Crippen LogP contribution in [0.5, 0.6) is 0 Å². The van der Waals surface area contributed by atoms with Crippen LogP contribution in [0, 0.1) is 0 Å². The van der Waals surface area contributed by atoms with Gasteiger partial charge in [0.25, 0.3) is 0 Å². The quantitative estimate of drug-likeness (QED) is 0.141. The molecule has 0 heterocycles. The fourth-order valence-electron chi connectivity index (χ4n) is 0.714. The van der Waals surface area contributed by atoms with Crippen molar-refractivity contribution in [2.45, 2.75) is 18.4 Å². The van der Waals surface area contributed by atoms with Crippen LogP contribution in [0.15, 0.2) is 0 Å². The normalized spacial score (nSPS) is 9.08. The molecule has 14 nitrogen and oxygen atoms in total. The monoisotopic (exact) mass is 440 g/mol. The fraction of sp³-hybridized carbons (Fsp3) is 0.500. The van der Waals surface area contributed by atoms with Crippen molar-refractivity contribution in [3.8, 4) is 0 Å². The van der Waals surface area contributed by atoms with Gasteiger partial charge in [-0.2, -0.15) is 0 Å². The Bertz CT molecular complexity index is 403. The van der Waals surface area contributed by atoms with Gasteiger partial charge < -0.3 is 50.2 Å². The first-order valence-corrected chi connectivity index (χ1v) is 6.29. The average Bonchev–Trinajstić information content (AvgIpc) is 2.09. The molecule has 0 unspecified atom stereocenters. The second-order valence-electron chi connectivity index (χ2n) is 3.34. The maximum atomic E-state index is 10.3. The van der Waals surface area contributed by atoms with Crippen molar-refractivity contribution in [2.24, 2.45) is 0 Å². The number of hydrogen-bond donors (Lipinski definition) is 10. The van der Waals surface area contributed by atoms with Gasteiger partial charge in [-0.05, 0) is 0 Å². The summed E-state index contributed by atoms with van der Waals surface area (Å²) in [6.45, 7) is 0. The molecule has 0 aromatic heterocycles. The molecule has 0 aromatic carbocycles. The van der Waals surface area contributed by atoms with E-state index in [0.717, 1.165) is 0 Å². The van der Waals surface area contributed by atoms with Crippen molar-refractivity contribution in [1.29, 1.82) is 0 Å². The molecular formula is C6H17BKNa2O14P. The molecule has 136 valence electrons. The minimum absolute atomic E-state index is 0. The van der Waals surface area contributed by atoms with Gasteiger partial charge in [0.05, 0.1) is 12.8 Å². The molecule has 0 aliphatic carbocycles. The fourth-order valence-corrected chi connectivity index (χ4v) is 0.714. The molecule has 0 saturated heterocycles. The molecule has 0 aliphatic rings. The standard InChI is InChI=1S/C6H8O7.BH3O3.K.2Na.H3O4P.3H/c7-3(8)1-6(13,5(11)12)2-4(9)10;2-1(3)4;;;;1-5(2,3)4;;;/h13H,1-2H2,(H,7,8)(H,9,10)(H,11,12);2-4H;;;;(H3,1,2,3,4);;;. The van der Waals surface area contributed by atoms with Crippen LogP contribution < -0.4 is 0 Å². The summed E-state index contributed by atoms with van der Waals surface area (Å²) in [6.07, 6.45) is -2.29. The number of phosphoric acid groups is 1. The summed E-state index contributed by atoms with van der Waals surface area (Å²) in [7, 11) is -6.81. The molecule has 25 heavy (non-hydrogen) atoms. The van der Waals surface area contributed by atoms with Crippen LogP contribution >= 0.6 is 7.82 Å². The molecule has 0 amide bonds.